The van der Waals surface area contributed by atoms with Crippen LogP contribution in [0.2, 0.25) is 0 Å². The number of hydrogen-bond acceptors (Lipinski definition) is 6. The minimum Gasteiger partial charge on any atom is -0.466 e. The third-order valence-electron chi connectivity index (χ3n) is 4.44. The fourth-order valence-corrected chi connectivity index (χ4v) is 3.16. The number of nitrogens with one attached hydrogen (secondary N) is 1. The van der Waals surface area contributed by atoms with Gasteiger partial charge in [-0.2, -0.15) is 0 Å². The number of rotatable bonds is 2. The van der Waals surface area contributed by atoms with Gasteiger partial charge in [-0.25, -0.2) is 9.59 Å². The summed E-state index contributed by atoms with van der Waals surface area (Å²) in [6.45, 7) is 3.47. The van der Waals surface area contributed by atoms with E-state index < -0.39 is 23.1 Å². The quantitative estimate of drug-likeness (QED) is 0.816. The largest absolute Gasteiger partial charge is 0.466 e. The van der Waals surface area contributed by atoms with E-state index in [4.69, 9.17) is 9.15 Å². The fraction of sp³-hybridized carbons (Fsp3) is 0.353. The molecule has 3 heterocycles. The molecule has 3 rings (SSSR count). The summed E-state index contributed by atoms with van der Waals surface area (Å²) < 4.78 is 13.0. The van der Waals surface area contributed by atoms with Gasteiger partial charge in [0.25, 0.3) is 5.56 Å². The first-order chi connectivity index (χ1) is 11.8. The van der Waals surface area contributed by atoms with Crippen LogP contribution in [0.25, 0.3) is 0 Å². The fourth-order valence-electron chi connectivity index (χ4n) is 3.16. The normalized spacial score (nSPS) is 16.4. The van der Waals surface area contributed by atoms with Gasteiger partial charge in [0, 0.05) is 19.8 Å². The Labute approximate surface area is 143 Å². The number of ether oxygens (including phenoxy) is 1. The van der Waals surface area contributed by atoms with Crippen molar-refractivity contribution in [3.8, 4) is 0 Å². The highest BCUT2D eigenvalue weighted by Gasteiger charge is 2.38. The molecule has 25 heavy (non-hydrogen) atoms. The summed E-state index contributed by atoms with van der Waals surface area (Å²) in [4.78, 5) is 37.5. The Morgan fingerprint density at radius 3 is 2.44 bits per heavy atom. The van der Waals surface area contributed by atoms with Crippen molar-refractivity contribution in [1.82, 2.24) is 9.13 Å². The molecule has 2 aromatic rings. The predicted octanol–water partition coefficient (Wildman–Crippen LogP) is 0.990. The lowest BCUT2D eigenvalue weighted by molar-refractivity contribution is -0.136. The monoisotopic (exact) mass is 345 g/mol. The molecule has 0 fully saturated rings. The van der Waals surface area contributed by atoms with E-state index in [0.717, 1.165) is 4.57 Å². The predicted molar refractivity (Wildman–Crippen MR) is 90.6 cm³/mol. The lowest BCUT2D eigenvalue weighted by atomic mass is 9.85. The van der Waals surface area contributed by atoms with Crippen molar-refractivity contribution in [1.29, 1.82) is 0 Å². The number of methoxy groups -OCH3 is 1. The molecule has 1 aliphatic heterocycles. The third kappa shape index (κ3) is 2.41. The second kappa shape index (κ2) is 5.80. The number of allylic oxidation sites excluding steroid dienone is 1. The highest BCUT2D eigenvalue weighted by molar-refractivity contribution is 5.94. The van der Waals surface area contributed by atoms with Crippen molar-refractivity contribution in [2.24, 2.45) is 14.1 Å². The van der Waals surface area contributed by atoms with Gasteiger partial charge in [-0.05, 0) is 26.0 Å². The van der Waals surface area contributed by atoms with Gasteiger partial charge in [0.15, 0.2) is 0 Å². The zero-order valence-corrected chi connectivity index (χ0v) is 14.7. The molecular formula is C17H19N3O5. The molecule has 1 atom stereocenters. The Bertz CT molecular complexity index is 1020. The van der Waals surface area contributed by atoms with Gasteiger partial charge in [-0.15, -0.1) is 0 Å². The van der Waals surface area contributed by atoms with Gasteiger partial charge in [0.1, 0.15) is 17.3 Å². The maximum absolute atomic E-state index is 12.8. The van der Waals surface area contributed by atoms with E-state index >= 15 is 0 Å². The van der Waals surface area contributed by atoms with Crippen LogP contribution in [0.15, 0.2) is 37.4 Å². The van der Waals surface area contributed by atoms with Crippen molar-refractivity contribution in [3.63, 3.8) is 0 Å². The number of anilines is 1. The topological polar surface area (TPSA) is 95.5 Å². The number of fused-ring (bicyclic) bond motifs is 1. The Morgan fingerprint density at radius 1 is 1.20 bits per heavy atom. The molecule has 0 unspecified atom stereocenters. The van der Waals surface area contributed by atoms with Gasteiger partial charge in [0.05, 0.1) is 24.2 Å². The Balaban J connectivity index is 2.41. The van der Waals surface area contributed by atoms with Gasteiger partial charge in [0.2, 0.25) is 0 Å². The van der Waals surface area contributed by atoms with Crippen LogP contribution in [0, 0.1) is 6.92 Å². The van der Waals surface area contributed by atoms with E-state index in [9.17, 15) is 14.4 Å². The average Bonchev–Trinajstić information content (AvgIpc) is 3.02. The van der Waals surface area contributed by atoms with Gasteiger partial charge >= 0.3 is 11.7 Å². The van der Waals surface area contributed by atoms with Crippen molar-refractivity contribution >= 4 is 11.8 Å². The number of hydrogen-bond donors (Lipinski definition) is 1. The number of esters is 1. The molecule has 0 aliphatic carbocycles. The number of nitrogens with zero attached hydrogens (tertiary/aromatic N) is 2. The molecule has 0 bridgehead atoms. The van der Waals surface area contributed by atoms with E-state index in [0.29, 0.717) is 23.0 Å². The van der Waals surface area contributed by atoms with Crippen LogP contribution in [0.3, 0.4) is 0 Å². The van der Waals surface area contributed by atoms with Crippen molar-refractivity contribution in [2.45, 2.75) is 19.8 Å². The van der Waals surface area contributed by atoms with E-state index in [2.05, 4.69) is 5.32 Å². The lowest BCUT2D eigenvalue weighted by Crippen LogP contribution is -2.43. The number of carbonyl (C=O) groups excluding carboxylic acids is 1. The second-order valence-corrected chi connectivity index (χ2v) is 6.00. The maximum Gasteiger partial charge on any atom is 0.336 e. The zero-order chi connectivity index (χ0) is 18.5. The maximum atomic E-state index is 12.8. The van der Waals surface area contributed by atoms with E-state index in [1.807, 2.05) is 0 Å². The molecule has 1 N–H and O–H groups in total. The van der Waals surface area contributed by atoms with E-state index in [-0.39, 0.29) is 11.1 Å². The summed E-state index contributed by atoms with van der Waals surface area (Å²) in [5.74, 6) is 0.111. The molecule has 132 valence electrons. The molecule has 8 nitrogen and oxygen atoms in total. The average molecular weight is 345 g/mol. The van der Waals surface area contributed by atoms with Crippen LogP contribution in [-0.4, -0.2) is 22.2 Å². The van der Waals surface area contributed by atoms with Crippen LogP contribution >= 0.6 is 0 Å². The summed E-state index contributed by atoms with van der Waals surface area (Å²) in [6.07, 6.45) is 0. The molecule has 0 spiro atoms. The molecule has 0 saturated carbocycles. The van der Waals surface area contributed by atoms with Gasteiger partial charge in [-0.3, -0.25) is 13.9 Å². The number of aryl methyl sites for hydroxylation is 1. The van der Waals surface area contributed by atoms with Crippen LogP contribution < -0.4 is 16.6 Å². The summed E-state index contributed by atoms with van der Waals surface area (Å²) in [7, 11) is 4.24. The zero-order valence-electron chi connectivity index (χ0n) is 14.7. The Morgan fingerprint density at radius 2 is 1.88 bits per heavy atom. The third-order valence-corrected chi connectivity index (χ3v) is 4.44. The summed E-state index contributed by atoms with van der Waals surface area (Å²) >= 11 is 0. The van der Waals surface area contributed by atoms with E-state index in [1.54, 1.807) is 33.0 Å². The van der Waals surface area contributed by atoms with Crippen molar-refractivity contribution < 1.29 is 13.9 Å². The molecule has 1 aliphatic rings. The highest BCUT2D eigenvalue weighted by atomic mass is 16.5. The van der Waals surface area contributed by atoms with Crippen molar-refractivity contribution in [3.05, 3.63) is 61.3 Å². The second-order valence-electron chi connectivity index (χ2n) is 6.00. The number of furan rings is 1. The number of aromatic nitrogens is 2. The molecule has 0 amide bonds. The standard InChI is InChI=1S/C17H19N3O5/c1-8-6-7-10(25-8)12-11(16(22)24-5)9(2)18-14-13(12)15(21)20(4)17(23)19(14)3/h6-7,12,18H,1-5H3/t12-/m1/s1. The number of carbonyl (C=O) groups is 1. The van der Waals surface area contributed by atoms with Crippen LogP contribution in [0.4, 0.5) is 5.82 Å². The molecule has 0 radical (unpaired) electrons. The van der Waals surface area contributed by atoms with Crippen LogP contribution in [0.1, 0.15) is 29.9 Å². The summed E-state index contributed by atoms with van der Waals surface area (Å²) in [5, 5.41) is 3.00. The smallest absolute Gasteiger partial charge is 0.336 e. The first-order valence-electron chi connectivity index (χ1n) is 7.70. The van der Waals surface area contributed by atoms with Gasteiger partial charge < -0.3 is 14.5 Å². The van der Waals surface area contributed by atoms with Gasteiger partial charge in [-0.1, -0.05) is 0 Å². The Kier molecular flexibility index (Phi) is 3.90. The molecule has 0 saturated heterocycles. The highest BCUT2D eigenvalue weighted by Crippen LogP contribution is 2.40. The molecule has 2 aromatic heterocycles. The minimum absolute atomic E-state index is 0.268. The minimum atomic E-state index is -0.761. The molecule has 8 heteroatoms. The van der Waals surface area contributed by atoms with Crippen LogP contribution in [-0.2, 0) is 23.6 Å². The lowest BCUT2D eigenvalue weighted by Gasteiger charge is -2.29. The van der Waals surface area contributed by atoms with E-state index in [1.165, 1.54) is 18.7 Å². The Hall–Kier alpha value is -3.03. The first-order valence-corrected chi connectivity index (χ1v) is 7.70. The SMILES string of the molecule is COC(=O)C1=C(C)Nc2c(c(=O)n(C)c(=O)n2C)[C@@H]1c1ccc(C)o1. The first kappa shape index (κ1) is 16.8. The summed E-state index contributed by atoms with van der Waals surface area (Å²) in [5.41, 5.74) is 0.102. The van der Waals surface area contributed by atoms with Crippen molar-refractivity contribution in [2.75, 3.05) is 12.4 Å². The van der Waals surface area contributed by atoms with Crippen LogP contribution in [0.5, 0.6) is 0 Å². The molecule has 0 aromatic carbocycles. The summed E-state index contributed by atoms with van der Waals surface area (Å²) in [6, 6.07) is 3.48. The molecular weight excluding hydrogens is 326 g/mol.